The van der Waals surface area contributed by atoms with Crippen LogP contribution < -0.4 is 11.1 Å². The maximum absolute atomic E-state index is 12.1. The Morgan fingerprint density at radius 3 is 2.24 bits per heavy atom. The normalized spacial score (nSPS) is 14.3. The van der Waals surface area contributed by atoms with Gasteiger partial charge in [-0.25, -0.2) is 4.79 Å². The van der Waals surface area contributed by atoms with Gasteiger partial charge in [-0.3, -0.25) is 4.79 Å². The van der Waals surface area contributed by atoms with Crippen molar-refractivity contribution < 1.29 is 19.8 Å². The van der Waals surface area contributed by atoms with Crippen molar-refractivity contribution in [1.82, 2.24) is 5.32 Å². The molecule has 0 spiro atoms. The second-order valence-electron chi connectivity index (χ2n) is 6.19. The molecular formula is C17H27BrN2O4S. The van der Waals surface area contributed by atoms with Crippen LogP contribution in [-0.4, -0.2) is 46.5 Å². The Kier molecular flexibility index (Phi) is 11.0. The minimum atomic E-state index is -1.46. The molecule has 1 amide bonds. The fourth-order valence-electron chi connectivity index (χ4n) is 2.29. The molecule has 0 heterocycles. The standard InChI is InChI=1S/C17H26N2O4S.BrH/c1-10(2)8-14(17(22)23)19-16(21)15(20)13(18)9-11-4-6-12(24-3)7-5-11;/h4-7,10,13-15,20H,8-9,18H2,1-3H3,(H,19,21)(H,22,23);1H/t13-,14+,15-;/m1./s1. The number of carbonyl (C=O) groups excluding carboxylic acids is 1. The molecule has 25 heavy (non-hydrogen) atoms. The van der Waals surface area contributed by atoms with Crippen molar-refractivity contribution in [2.45, 2.75) is 49.8 Å². The van der Waals surface area contributed by atoms with E-state index in [0.717, 1.165) is 10.5 Å². The molecule has 142 valence electrons. The van der Waals surface area contributed by atoms with Crippen LogP contribution in [0, 0.1) is 5.92 Å². The van der Waals surface area contributed by atoms with E-state index < -0.39 is 30.1 Å². The Hall–Kier alpha value is -1.09. The number of carbonyl (C=O) groups is 2. The van der Waals surface area contributed by atoms with Gasteiger partial charge in [0.15, 0.2) is 0 Å². The lowest BCUT2D eigenvalue weighted by atomic mass is 10.00. The maximum atomic E-state index is 12.1. The van der Waals surface area contributed by atoms with Crippen molar-refractivity contribution in [2.75, 3.05) is 6.26 Å². The Morgan fingerprint density at radius 2 is 1.80 bits per heavy atom. The fraction of sp³-hybridized carbons (Fsp3) is 0.529. The Bertz CT molecular complexity index is 554. The number of thioether (sulfide) groups is 1. The van der Waals surface area contributed by atoms with Crippen molar-refractivity contribution in [3.8, 4) is 0 Å². The van der Waals surface area contributed by atoms with Gasteiger partial charge in [-0.1, -0.05) is 26.0 Å². The first kappa shape index (κ1) is 23.9. The number of aliphatic carboxylic acids is 1. The molecule has 8 heteroatoms. The first-order valence-electron chi connectivity index (χ1n) is 7.84. The number of halogens is 1. The van der Waals surface area contributed by atoms with E-state index in [1.54, 1.807) is 11.8 Å². The summed E-state index contributed by atoms with van der Waals surface area (Å²) < 4.78 is 0. The van der Waals surface area contributed by atoms with Crippen LogP contribution in [0.2, 0.25) is 0 Å². The third-order valence-electron chi connectivity index (χ3n) is 3.63. The summed E-state index contributed by atoms with van der Waals surface area (Å²) >= 11 is 1.62. The molecule has 0 aliphatic rings. The summed E-state index contributed by atoms with van der Waals surface area (Å²) in [5.41, 5.74) is 6.82. The van der Waals surface area contributed by atoms with Gasteiger partial charge >= 0.3 is 5.97 Å². The third kappa shape index (κ3) is 8.22. The zero-order valence-electron chi connectivity index (χ0n) is 14.6. The lowest BCUT2D eigenvalue weighted by Crippen LogP contribution is -2.52. The van der Waals surface area contributed by atoms with Gasteiger partial charge in [0.2, 0.25) is 0 Å². The van der Waals surface area contributed by atoms with Gasteiger partial charge in [0.25, 0.3) is 5.91 Å². The van der Waals surface area contributed by atoms with E-state index in [2.05, 4.69) is 5.32 Å². The highest BCUT2D eigenvalue weighted by Gasteiger charge is 2.28. The van der Waals surface area contributed by atoms with Crippen LogP contribution in [-0.2, 0) is 16.0 Å². The fourth-order valence-corrected chi connectivity index (χ4v) is 2.70. The number of amides is 1. The molecule has 0 aliphatic carbocycles. The summed E-state index contributed by atoms with van der Waals surface area (Å²) in [6, 6.07) is 5.85. The Labute approximate surface area is 163 Å². The molecule has 0 aliphatic heterocycles. The summed E-state index contributed by atoms with van der Waals surface area (Å²) in [5.74, 6) is -1.77. The van der Waals surface area contributed by atoms with Crippen molar-refractivity contribution in [3.63, 3.8) is 0 Å². The number of aliphatic hydroxyl groups excluding tert-OH is 1. The summed E-state index contributed by atoms with van der Waals surface area (Å²) in [6.07, 6.45) is 1.13. The first-order chi connectivity index (χ1) is 11.2. The molecule has 5 N–H and O–H groups in total. The zero-order valence-corrected chi connectivity index (χ0v) is 17.2. The van der Waals surface area contributed by atoms with Gasteiger partial charge < -0.3 is 21.3 Å². The van der Waals surface area contributed by atoms with Crippen molar-refractivity contribution in [2.24, 2.45) is 11.7 Å². The summed E-state index contributed by atoms with van der Waals surface area (Å²) in [7, 11) is 0. The number of carboxylic acid groups (broad SMARTS) is 1. The number of hydrogen-bond donors (Lipinski definition) is 4. The zero-order chi connectivity index (χ0) is 18.3. The largest absolute Gasteiger partial charge is 0.480 e. The quantitative estimate of drug-likeness (QED) is 0.441. The topological polar surface area (TPSA) is 113 Å². The Balaban J connectivity index is 0.00000576. The smallest absolute Gasteiger partial charge is 0.326 e. The number of carboxylic acids is 1. The van der Waals surface area contributed by atoms with E-state index in [1.165, 1.54) is 0 Å². The number of benzene rings is 1. The van der Waals surface area contributed by atoms with Crippen LogP contribution in [0.3, 0.4) is 0 Å². The number of rotatable bonds is 9. The Morgan fingerprint density at radius 1 is 1.24 bits per heavy atom. The molecule has 0 saturated carbocycles. The van der Waals surface area contributed by atoms with Gasteiger partial charge in [0.1, 0.15) is 12.1 Å². The number of aliphatic hydroxyl groups is 1. The van der Waals surface area contributed by atoms with E-state index in [-0.39, 0.29) is 22.9 Å². The van der Waals surface area contributed by atoms with Crippen LogP contribution in [0.25, 0.3) is 0 Å². The van der Waals surface area contributed by atoms with E-state index in [9.17, 15) is 14.7 Å². The molecular weight excluding hydrogens is 408 g/mol. The highest BCUT2D eigenvalue weighted by atomic mass is 79.9. The number of nitrogens with one attached hydrogen (secondary N) is 1. The first-order valence-corrected chi connectivity index (χ1v) is 9.06. The summed E-state index contributed by atoms with van der Waals surface area (Å²) in [5, 5.41) is 21.6. The summed E-state index contributed by atoms with van der Waals surface area (Å²) in [4.78, 5) is 24.4. The SMILES string of the molecule is Br.CSc1ccc(C[C@@H](N)[C@@H](O)C(=O)N[C@@H](CC(C)C)C(=O)O)cc1. The molecule has 1 aromatic carbocycles. The molecule has 0 saturated heterocycles. The lowest BCUT2D eigenvalue weighted by Gasteiger charge is -2.22. The van der Waals surface area contributed by atoms with Crippen molar-refractivity contribution >= 4 is 40.6 Å². The van der Waals surface area contributed by atoms with Gasteiger partial charge in [-0.15, -0.1) is 28.7 Å². The predicted octanol–water partition coefficient (Wildman–Crippen LogP) is 1.83. The molecule has 1 aromatic rings. The second-order valence-corrected chi connectivity index (χ2v) is 7.07. The van der Waals surface area contributed by atoms with Crippen LogP contribution in [0.4, 0.5) is 0 Å². The average molecular weight is 435 g/mol. The molecule has 0 aromatic heterocycles. The monoisotopic (exact) mass is 434 g/mol. The molecule has 6 nitrogen and oxygen atoms in total. The number of hydrogen-bond acceptors (Lipinski definition) is 5. The summed E-state index contributed by atoms with van der Waals surface area (Å²) in [6.45, 7) is 3.73. The highest BCUT2D eigenvalue weighted by molar-refractivity contribution is 8.93. The molecule has 3 atom stereocenters. The van der Waals surface area contributed by atoms with Crippen LogP contribution >= 0.6 is 28.7 Å². The second kappa shape index (κ2) is 11.5. The molecule has 0 bridgehead atoms. The molecule has 0 radical (unpaired) electrons. The predicted molar refractivity (Wildman–Crippen MR) is 105 cm³/mol. The van der Waals surface area contributed by atoms with Gasteiger partial charge in [-0.2, -0.15) is 0 Å². The minimum Gasteiger partial charge on any atom is -0.480 e. The van der Waals surface area contributed by atoms with E-state index in [1.807, 2.05) is 44.4 Å². The van der Waals surface area contributed by atoms with Crippen LogP contribution in [0.15, 0.2) is 29.2 Å². The van der Waals surface area contributed by atoms with E-state index in [4.69, 9.17) is 10.8 Å². The molecule has 0 fully saturated rings. The van der Waals surface area contributed by atoms with Crippen molar-refractivity contribution in [3.05, 3.63) is 29.8 Å². The van der Waals surface area contributed by atoms with Crippen molar-refractivity contribution in [1.29, 1.82) is 0 Å². The third-order valence-corrected chi connectivity index (χ3v) is 4.37. The maximum Gasteiger partial charge on any atom is 0.326 e. The minimum absolute atomic E-state index is 0. The average Bonchev–Trinajstić information content (AvgIpc) is 2.53. The van der Waals surface area contributed by atoms with Gasteiger partial charge in [0.05, 0.1) is 0 Å². The highest BCUT2D eigenvalue weighted by Crippen LogP contribution is 2.16. The molecule has 1 rings (SSSR count). The van der Waals surface area contributed by atoms with Gasteiger partial charge in [-0.05, 0) is 42.7 Å². The number of nitrogens with two attached hydrogens (primary N) is 1. The van der Waals surface area contributed by atoms with Gasteiger partial charge in [0, 0.05) is 10.9 Å². The van der Waals surface area contributed by atoms with E-state index in [0.29, 0.717) is 12.8 Å². The van der Waals surface area contributed by atoms with Crippen LogP contribution in [0.5, 0.6) is 0 Å². The molecule has 0 unspecified atom stereocenters. The van der Waals surface area contributed by atoms with Crippen LogP contribution in [0.1, 0.15) is 25.8 Å². The van der Waals surface area contributed by atoms with E-state index >= 15 is 0 Å². The lowest BCUT2D eigenvalue weighted by molar-refractivity contribution is -0.144.